The van der Waals surface area contributed by atoms with Gasteiger partial charge in [0.25, 0.3) is 0 Å². The van der Waals surface area contributed by atoms with Crippen LogP contribution in [0, 0.1) is 11.3 Å². The minimum atomic E-state index is -0.550. The first-order chi connectivity index (χ1) is 14.5. The number of rotatable bonds is 5. The number of aromatic nitrogens is 3. The molecule has 0 aliphatic carbocycles. The molecule has 0 N–H and O–H groups in total. The van der Waals surface area contributed by atoms with Crippen LogP contribution in [-0.4, -0.2) is 27.8 Å². The Bertz CT molecular complexity index is 1270. The third-order valence-electron chi connectivity index (χ3n) is 4.54. The monoisotopic (exact) mass is 418 g/mol. The first-order valence-electron chi connectivity index (χ1n) is 9.24. The van der Waals surface area contributed by atoms with Gasteiger partial charge in [-0.1, -0.05) is 6.07 Å². The van der Waals surface area contributed by atoms with Crippen LogP contribution in [0.25, 0.3) is 21.6 Å². The molecule has 4 rings (SSSR count). The van der Waals surface area contributed by atoms with Gasteiger partial charge in [-0.25, -0.2) is 14.5 Å². The number of esters is 1. The Balaban J connectivity index is 1.82. The summed E-state index contributed by atoms with van der Waals surface area (Å²) >= 11 is 1.54. The Labute approximate surface area is 177 Å². The summed E-state index contributed by atoms with van der Waals surface area (Å²) in [6.45, 7) is 4.01. The number of hydrogen-bond acceptors (Lipinski definition) is 7. The molecular formula is C22H18N4O3S. The van der Waals surface area contributed by atoms with E-state index in [1.165, 1.54) is 13.2 Å². The van der Waals surface area contributed by atoms with E-state index in [0.29, 0.717) is 33.6 Å². The van der Waals surface area contributed by atoms with Gasteiger partial charge in [0.05, 0.1) is 46.5 Å². The van der Waals surface area contributed by atoms with Crippen LogP contribution < -0.4 is 9.47 Å². The van der Waals surface area contributed by atoms with E-state index in [1.807, 2.05) is 37.4 Å². The second-order valence-corrected chi connectivity index (χ2v) is 7.77. The van der Waals surface area contributed by atoms with Crippen molar-refractivity contribution in [1.82, 2.24) is 14.8 Å². The molecule has 0 amide bonds. The SMILES string of the molecule is COc1cc(C#N)ccc1OC(=O)c1cc(-c2cccs2)nc2c1cnn2C(C)C. The smallest absolute Gasteiger partial charge is 0.344 e. The van der Waals surface area contributed by atoms with Crippen LogP contribution in [0.5, 0.6) is 11.5 Å². The fraction of sp³-hybridized carbons (Fsp3) is 0.182. The zero-order chi connectivity index (χ0) is 21.3. The maximum Gasteiger partial charge on any atom is 0.344 e. The number of fused-ring (bicyclic) bond motifs is 1. The molecule has 0 aliphatic rings. The van der Waals surface area contributed by atoms with Crippen molar-refractivity contribution in [3.63, 3.8) is 0 Å². The summed E-state index contributed by atoms with van der Waals surface area (Å²) in [6, 6.07) is 12.4. The molecule has 0 atom stereocenters. The number of thiophene rings is 1. The third-order valence-corrected chi connectivity index (χ3v) is 5.44. The highest BCUT2D eigenvalue weighted by molar-refractivity contribution is 7.13. The van der Waals surface area contributed by atoms with E-state index in [9.17, 15) is 4.79 Å². The maximum atomic E-state index is 13.1. The summed E-state index contributed by atoms with van der Waals surface area (Å²) in [5.74, 6) is -0.00374. The first-order valence-corrected chi connectivity index (χ1v) is 10.1. The lowest BCUT2D eigenvalue weighted by atomic mass is 10.1. The summed E-state index contributed by atoms with van der Waals surface area (Å²) in [6.07, 6.45) is 1.63. The molecule has 0 unspecified atom stereocenters. The molecule has 8 heteroatoms. The molecule has 0 radical (unpaired) electrons. The number of methoxy groups -OCH3 is 1. The number of carbonyl (C=O) groups excluding carboxylic acids is 1. The Hall–Kier alpha value is -3.70. The number of pyridine rings is 1. The van der Waals surface area contributed by atoms with Crippen LogP contribution in [0.15, 0.2) is 48.0 Å². The summed E-state index contributed by atoms with van der Waals surface area (Å²) in [5.41, 5.74) is 2.08. The molecule has 0 spiro atoms. The van der Waals surface area contributed by atoms with E-state index in [2.05, 4.69) is 5.10 Å². The molecule has 0 saturated carbocycles. The molecule has 150 valence electrons. The predicted molar refractivity (Wildman–Crippen MR) is 114 cm³/mol. The fourth-order valence-corrected chi connectivity index (χ4v) is 3.78. The lowest BCUT2D eigenvalue weighted by Gasteiger charge is -2.11. The standard InChI is InChI=1S/C22H18N4O3S/c1-13(2)26-21-16(12-24-26)15(10-17(25-21)20-5-4-8-30-20)22(27)29-18-7-6-14(11-23)9-19(18)28-3/h4-10,12-13H,1-3H3. The summed E-state index contributed by atoms with van der Waals surface area (Å²) in [5, 5.41) is 16.1. The van der Waals surface area contributed by atoms with Crippen LogP contribution in [0.2, 0.25) is 0 Å². The molecule has 4 aromatic rings. The van der Waals surface area contributed by atoms with E-state index >= 15 is 0 Å². The van der Waals surface area contributed by atoms with Crippen molar-refractivity contribution in [3.8, 4) is 28.1 Å². The van der Waals surface area contributed by atoms with E-state index < -0.39 is 5.97 Å². The number of benzene rings is 1. The van der Waals surface area contributed by atoms with Crippen LogP contribution >= 0.6 is 11.3 Å². The highest BCUT2D eigenvalue weighted by Gasteiger charge is 2.21. The number of hydrogen-bond donors (Lipinski definition) is 0. The number of nitriles is 1. The van der Waals surface area contributed by atoms with E-state index in [0.717, 1.165) is 4.88 Å². The highest BCUT2D eigenvalue weighted by Crippen LogP contribution is 2.32. The van der Waals surface area contributed by atoms with Gasteiger partial charge >= 0.3 is 5.97 Å². The lowest BCUT2D eigenvalue weighted by Crippen LogP contribution is -2.11. The maximum absolute atomic E-state index is 13.1. The highest BCUT2D eigenvalue weighted by atomic mass is 32.1. The van der Waals surface area contributed by atoms with Crippen molar-refractivity contribution in [2.75, 3.05) is 7.11 Å². The van der Waals surface area contributed by atoms with Crippen molar-refractivity contribution < 1.29 is 14.3 Å². The topological polar surface area (TPSA) is 90.0 Å². The summed E-state index contributed by atoms with van der Waals surface area (Å²) < 4.78 is 12.7. The second-order valence-electron chi connectivity index (χ2n) is 6.82. The van der Waals surface area contributed by atoms with Crippen LogP contribution in [0.4, 0.5) is 0 Å². The van der Waals surface area contributed by atoms with Crippen LogP contribution in [0.1, 0.15) is 35.8 Å². The van der Waals surface area contributed by atoms with E-state index in [1.54, 1.807) is 40.4 Å². The Morgan fingerprint density at radius 2 is 2.07 bits per heavy atom. The van der Waals surface area contributed by atoms with E-state index in [-0.39, 0.29) is 11.8 Å². The third kappa shape index (κ3) is 3.51. The van der Waals surface area contributed by atoms with Gasteiger partial charge in [0, 0.05) is 12.1 Å². The second kappa shape index (κ2) is 7.97. The molecule has 0 aliphatic heterocycles. The lowest BCUT2D eigenvalue weighted by molar-refractivity contribution is 0.0731. The largest absolute Gasteiger partial charge is 0.493 e. The minimum absolute atomic E-state index is 0.0797. The Kier molecular flexibility index (Phi) is 5.21. The average Bonchev–Trinajstić information content (AvgIpc) is 3.43. The van der Waals surface area contributed by atoms with E-state index in [4.69, 9.17) is 19.7 Å². The molecule has 7 nitrogen and oxygen atoms in total. The van der Waals surface area contributed by atoms with Crippen molar-refractivity contribution in [2.24, 2.45) is 0 Å². The minimum Gasteiger partial charge on any atom is -0.493 e. The number of ether oxygens (including phenoxy) is 2. The molecule has 3 heterocycles. The number of carbonyl (C=O) groups is 1. The molecule has 0 bridgehead atoms. The Morgan fingerprint density at radius 3 is 2.73 bits per heavy atom. The normalized spacial score (nSPS) is 10.9. The first kappa shape index (κ1) is 19.6. The summed E-state index contributed by atoms with van der Waals surface area (Å²) in [7, 11) is 1.46. The molecule has 0 saturated heterocycles. The zero-order valence-electron chi connectivity index (χ0n) is 16.6. The van der Waals surface area contributed by atoms with Gasteiger partial charge in [-0.2, -0.15) is 10.4 Å². The van der Waals surface area contributed by atoms with Crippen molar-refractivity contribution in [3.05, 3.63) is 59.1 Å². The van der Waals surface area contributed by atoms with Crippen LogP contribution in [0.3, 0.4) is 0 Å². The molecule has 0 fully saturated rings. The van der Waals surface area contributed by atoms with Gasteiger partial charge in [-0.3, -0.25) is 0 Å². The van der Waals surface area contributed by atoms with Gasteiger partial charge in [0.15, 0.2) is 17.1 Å². The van der Waals surface area contributed by atoms with Gasteiger partial charge in [0.1, 0.15) is 0 Å². The average molecular weight is 418 g/mol. The number of nitrogens with zero attached hydrogens (tertiary/aromatic N) is 4. The Morgan fingerprint density at radius 1 is 1.23 bits per heavy atom. The van der Waals surface area contributed by atoms with Gasteiger partial charge in [-0.15, -0.1) is 11.3 Å². The molecule has 30 heavy (non-hydrogen) atoms. The van der Waals surface area contributed by atoms with Crippen LogP contribution in [-0.2, 0) is 0 Å². The molecular weight excluding hydrogens is 400 g/mol. The van der Waals surface area contributed by atoms with Gasteiger partial charge in [0.2, 0.25) is 0 Å². The zero-order valence-corrected chi connectivity index (χ0v) is 17.4. The van der Waals surface area contributed by atoms with Crippen molar-refractivity contribution in [2.45, 2.75) is 19.9 Å². The van der Waals surface area contributed by atoms with Gasteiger partial charge in [-0.05, 0) is 43.5 Å². The fourth-order valence-electron chi connectivity index (χ4n) is 3.09. The predicted octanol–water partition coefficient (Wildman–Crippen LogP) is 4.84. The van der Waals surface area contributed by atoms with Gasteiger partial charge < -0.3 is 9.47 Å². The molecule has 3 aromatic heterocycles. The summed E-state index contributed by atoms with van der Waals surface area (Å²) in [4.78, 5) is 18.8. The molecule has 1 aromatic carbocycles. The van der Waals surface area contributed by atoms with Crippen molar-refractivity contribution >= 4 is 28.3 Å². The van der Waals surface area contributed by atoms with Crippen molar-refractivity contribution in [1.29, 1.82) is 5.26 Å². The quantitative estimate of drug-likeness (QED) is 0.340.